The first kappa shape index (κ1) is 16.7. The molecule has 0 N–H and O–H groups in total. The van der Waals surface area contributed by atoms with E-state index in [2.05, 4.69) is 6.92 Å². The van der Waals surface area contributed by atoms with Gasteiger partial charge >= 0.3 is 29.0 Å². The molecular formula is C11H24MgO2. The first-order valence-corrected chi connectivity index (χ1v) is 5.40. The zero-order valence-electron chi connectivity index (χ0n) is 8.97. The minimum absolute atomic E-state index is 0. The van der Waals surface area contributed by atoms with Gasteiger partial charge in [0.25, 0.3) is 0 Å². The summed E-state index contributed by atoms with van der Waals surface area (Å²) in [7, 11) is 0. The smallest absolute Gasteiger partial charge is 0.316 e. The third kappa shape index (κ3) is 14.7. The van der Waals surface area contributed by atoms with Gasteiger partial charge in [-0.05, 0) is 6.42 Å². The van der Waals surface area contributed by atoms with Crippen molar-refractivity contribution in [3.05, 3.63) is 0 Å². The van der Waals surface area contributed by atoms with Crippen molar-refractivity contribution in [1.82, 2.24) is 0 Å². The zero-order valence-corrected chi connectivity index (χ0v) is 8.97. The topological polar surface area (TPSA) is 26.3 Å². The Morgan fingerprint density at radius 1 is 1.00 bits per heavy atom. The van der Waals surface area contributed by atoms with Crippen molar-refractivity contribution >= 4 is 29.0 Å². The van der Waals surface area contributed by atoms with Crippen LogP contribution >= 0.6 is 0 Å². The molecule has 0 unspecified atom stereocenters. The summed E-state index contributed by atoms with van der Waals surface area (Å²) in [5, 5.41) is 0. The minimum Gasteiger partial charge on any atom is -0.466 e. The lowest BCUT2D eigenvalue weighted by molar-refractivity contribution is -0.141. The Balaban J connectivity index is 0. The summed E-state index contributed by atoms with van der Waals surface area (Å²) in [6.07, 6.45) is 8.82. The molecule has 0 fully saturated rings. The predicted molar refractivity (Wildman–Crippen MR) is 63.2 cm³/mol. The fourth-order valence-electron chi connectivity index (χ4n) is 1.28. The first-order chi connectivity index (χ1) is 6.27. The van der Waals surface area contributed by atoms with Crippen molar-refractivity contribution in [3.63, 3.8) is 0 Å². The average Bonchev–Trinajstić information content (AvgIpc) is 2.09. The lowest BCUT2D eigenvalue weighted by atomic mass is 10.1. The number of carbonyl (C=O) groups excluding carboxylic acids is 1. The molecule has 3 heteroatoms. The summed E-state index contributed by atoms with van der Waals surface area (Å²) in [5.74, 6) is -0.161. The molecule has 0 atom stereocenters. The Morgan fingerprint density at radius 3 is 2.00 bits per heavy atom. The Morgan fingerprint density at radius 2 is 1.50 bits per heavy atom. The lowest BCUT2D eigenvalue weighted by Gasteiger charge is -2.01. The second kappa shape index (κ2) is 13.2. The highest BCUT2D eigenvalue weighted by atomic mass is 24.3. The largest absolute Gasteiger partial charge is 0.466 e. The maximum atomic E-state index is 10.4. The molecule has 0 radical (unpaired) electrons. The maximum Gasteiger partial charge on any atom is 0.316 e. The second-order valence-corrected chi connectivity index (χ2v) is 3.46. The molecule has 0 aliphatic carbocycles. The first-order valence-electron chi connectivity index (χ1n) is 5.40. The Kier molecular flexibility index (Phi) is 15.7. The second-order valence-electron chi connectivity index (χ2n) is 3.46. The van der Waals surface area contributed by atoms with Gasteiger partial charge in [-0.15, -0.1) is 0 Å². The third-order valence-corrected chi connectivity index (χ3v) is 2.05. The van der Waals surface area contributed by atoms with Gasteiger partial charge in [-0.3, -0.25) is 4.79 Å². The van der Waals surface area contributed by atoms with Crippen LogP contribution in [0.25, 0.3) is 0 Å². The van der Waals surface area contributed by atoms with Crippen LogP contribution in [0.1, 0.15) is 58.8 Å². The fraction of sp³-hybridized carbons (Fsp3) is 0.909. The van der Waals surface area contributed by atoms with Crippen molar-refractivity contribution in [1.29, 1.82) is 0 Å². The number of hydrogen-bond donors (Lipinski definition) is 0. The molecule has 82 valence electrons. The molecule has 0 amide bonds. The standard InChI is InChI=1S/C11H22O2.Mg.2H/c1-3-4-5-6-7-8-9-10-13-11(2)12;;;/h3-10H2,1-2H3;;;. The summed E-state index contributed by atoms with van der Waals surface area (Å²) in [5.41, 5.74) is 0. The van der Waals surface area contributed by atoms with Crippen LogP contribution < -0.4 is 0 Å². The number of ether oxygens (including phenoxy) is 1. The monoisotopic (exact) mass is 212 g/mol. The molecule has 0 heterocycles. The Hall–Kier alpha value is 0.236. The molecule has 2 nitrogen and oxygen atoms in total. The van der Waals surface area contributed by atoms with Crippen LogP contribution in [0.3, 0.4) is 0 Å². The molecule has 0 aromatic heterocycles. The van der Waals surface area contributed by atoms with Crippen molar-refractivity contribution in [2.45, 2.75) is 58.8 Å². The highest BCUT2D eigenvalue weighted by Gasteiger charge is 1.93. The van der Waals surface area contributed by atoms with Crippen molar-refractivity contribution in [2.24, 2.45) is 0 Å². The molecule has 0 bridgehead atoms. The van der Waals surface area contributed by atoms with Crippen molar-refractivity contribution in [3.8, 4) is 0 Å². The fourth-order valence-corrected chi connectivity index (χ4v) is 1.28. The van der Waals surface area contributed by atoms with E-state index >= 15 is 0 Å². The minimum atomic E-state index is -0.161. The van der Waals surface area contributed by atoms with Gasteiger partial charge in [-0.2, -0.15) is 0 Å². The molecule has 0 aromatic rings. The van der Waals surface area contributed by atoms with Crippen LogP contribution in [0.2, 0.25) is 0 Å². The molecule has 0 saturated carbocycles. The van der Waals surface area contributed by atoms with E-state index in [9.17, 15) is 4.79 Å². The van der Waals surface area contributed by atoms with Crippen molar-refractivity contribution < 1.29 is 9.53 Å². The predicted octanol–water partition coefficient (Wildman–Crippen LogP) is 2.38. The molecule has 0 aliphatic heterocycles. The van der Waals surface area contributed by atoms with Crippen LogP contribution in [0, 0.1) is 0 Å². The molecule has 0 rings (SSSR count). The van der Waals surface area contributed by atoms with E-state index < -0.39 is 0 Å². The van der Waals surface area contributed by atoms with E-state index in [1.165, 1.54) is 45.4 Å². The van der Waals surface area contributed by atoms with Gasteiger partial charge in [0, 0.05) is 6.92 Å². The summed E-state index contributed by atoms with van der Waals surface area (Å²) in [6, 6.07) is 0. The van der Waals surface area contributed by atoms with Crippen LogP contribution in [0.5, 0.6) is 0 Å². The van der Waals surface area contributed by atoms with Gasteiger partial charge in [-0.25, -0.2) is 0 Å². The van der Waals surface area contributed by atoms with E-state index in [1.807, 2.05) is 0 Å². The number of unbranched alkanes of at least 4 members (excludes halogenated alkanes) is 6. The SMILES string of the molecule is CCCCCCCCCOC(C)=O.[MgH2]. The lowest BCUT2D eigenvalue weighted by Crippen LogP contribution is -1.99. The van der Waals surface area contributed by atoms with Gasteiger partial charge < -0.3 is 4.74 Å². The van der Waals surface area contributed by atoms with Gasteiger partial charge in [0.1, 0.15) is 0 Å². The molecule has 0 aliphatic rings. The van der Waals surface area contributed by atoms with E-state index in [0.717, 1.165) is 6.42 Å². The molecular weight excluding hydrogens is 188 g/mol. The normalized spacial score (nSPS) is 9.29. The molecule has 0 aromatic carbocycles. The zero-order chi connectivity index (χ0) is 9.94. The number of carbonyl (C=O) groups is 1. The Bertz CT molecular complexity index is 126. The number of hydrogen-bond acceptors (Lipinski definition) is 2. The molecule has 0 spiro atoms. The van der Waals surface area contributed by atoms with Crippen LogP contribution in [-0.2, 0) is 9.53 Å². The number of rotatable bonds is 8. The van der Waals surface area contributed by atoms with Gasteiger partial charge in [0.2, 0.25) is 0 Å². The van der Waals surface area contributed by atoms with E-state index in [1.54, 1.807) is 0 Å². The van der Waals surface area contributed by atoms with E-state index in [4.69, 9.17) is 4.74 Å². The third-order valence-electron chi connectivity index (χ3n) is 2.05. The highest BCUT2D eigenvalue weighted by molar-refractivity contribution is 5.75. The van der Waals surface area contributed by atoms with Gasteiger partial charge in [0.05, 0.1) is 6.61 Å². The molecule has 14 heavy (non-hydrogen) atoms. The summed E-state index contributed by atoms with van der Waals surface area (Å²) < 4.78 is 4.83. The van der Waals surface area contributed by atoms with Crippen LogP contribution in [-0.4, -0.2) is 35.6 Å². The highest BCUT2D eigenvalue weighted by Crippen LogP contribution is 2.06. The van der Waals surface area contributed by atoms with E-state index in [0.29, 0.717) is 6.61 Å². The summed E-state index contributed by atoms with van der Waals surface area (Å²) in [4.78, 5) is 10.4. The van der Waals surface area contributed by atoms with Crippen molar-refractivity contribution in [2.75, 3.05) is 6.61 Å². The maximum absolute atomic E-state index is 10.4. The van der Waals surface area contributed by atoms with Gasteiger partial charge in [-0.1, -0.05) is 45.4 Å². The van der Waals surface area contributed by atoms with Gasteiger partial charge in [0.15, 0.2) is 0 Å². The summed E-state index contributed by atoms with van der Waals surface area (Å²) >= 11 is 0. The van der Waals surface area contributed by atoms with Crippen LogP contribution in [0.15, 0.2) is 0 Å². The van der Waals surface area contributed by atoms with Crippen LogP contribution in [0.4, 0.5) is 0 Å². The quantitative estimate of drug-likeness (QED) is 0.351. The Labute approximate surface area is 104 Å². The summed E-state index contributed by atoms with van der Waals surface area (Å²) in [6.45, 7) is 4.28. The average molecular weight is 213 g/mol. The van der Waals surface area contributed by atoms with E-state index in [-0.39, 0.29) is 29.0 Å². The molecule has 0 saturated heterocycles. The number of esters is 1.